The summed E-state index contributed by atoms with van der Waals surface area (Å²) < 4.78 is 15.0. The van der Waals surface area contributed by atoms with Gasteiger partial charge in [-0.15, -0.1) is 0 Å². The van der Waals surface area contributed by atoms with Crippen LogP contribution in [0.2, 0.25) is 0 Å². The summed E-state index contributed by atoms with van der Waals surface area (Å²) in [6.45, 7) is 0. The minimum absolute atomic E-state index is 0.171. The van der Waals surface area contributed by atoms with E-state index in [-0.39, 0.29) is 23.1 Å². The molecule has 0 fully saturated rings. The zero-order chi connectivity index (χ0) is 22.4. The number of aromatic nitrogens is 3. The third kappa shape index (κ3) is 3.22. The second-order valence-corrected chi connectivity index (χ2v) is 8.15. The predicted molar refractivity (Wildman–Crippen MR) is 121 cm³/mol. The largest absolute Gasteiger partial charge is 0.383 e. The highest BCUT2D eigenvalue weighted by molar-refractivity contribution is 6.13. The first-order valence-corrected chi connectivity index (χ1v) is 10.3. The van der Waals surface area contributed by atoms with Gasteiger partial charge in [-0.3, -0.25) is 14.7 Å². The molecule has 0 saturated carbocycles. The fourth-order valence-electron chi connectivity index (χ4n) is 4.35. The van der Waals surface area contributed by atoms with Gasteiger partial charge in [-0.1, -0.05) is 30.3 Å². The van der Waals surface area contributed by atoms with Crippen LogP contribution in [0.5, 0.6) is 0 Å². The molecule has 0 aliphatic heterocycles. The van der Waals surface area contributed by atoms with Gasteiger partial charge in [-0.2, -0.15) is 0 Å². The summed E-state index contributed by atoms with van der Waals surface area (Å²) in [5, 5.41) is 3.47. The molecule has 32 heavy (non-hydrogen) atoms. The Morgan fingerprint density at radius 3 is 2.50 bits per heavy atom. The maximum absolute atomic E-state index is 13.6. The number of fused-ring (bicyclic) bond motifs is 3. The van der Waals surface area contributed by atoms with Crippen molar-refractivity contribution in [3.63, 3.8) is 0 Å². The molecule has 2 heterocycles. The van der Waals surface area contributed by atoms with Crippen LogP contribution in [0.4, 0.5) is 4.39 Å². The summed E-state index contributed by atoms with van der Waals surface area (Å²) in [5.41, 5.74) is 3.39. The van der Waals surface area contributed by atoms with Crippen molar-refractivity contribution in [3.8, 4) is 5.69 Å². The van der Waals surface area contributed by atoms with E-state index in [1.54, 1.807) is 18.3 Å². The molecule has 2 aromatic carbocycles. The lowest BCUT2D eigenvalue weighted by molar-refractivity contribution is 0.101. The van der Waals surface area contributed by atoms with Crippen molar-refractivity contribution in [1.82, 2.24) is 19.7 Å². The Morgan fingerprint density at radius 1 is 1.09 bits per heavy atom. The average molecular weight is 428 g/mol. The quantitative estimate of drug-likeness (QED) is 0.504. The van der Waals surface area contributed by atoms with E-state index >= 15 is 0 Å². The second-order valence-electron chi connectivity index (χ2n) is 8.15. The lowest BCUT2D eigenvalue weighted by Crippen LogP contribution is -2.26. The van der Waals surface area contributed by atoms with E-state index in [2.05, 4.69) is 10.1 Å². The maximum atomic E-state index is 13.6. The molecule has 7 heteroatoms. The summed E-state index contributed by atoms with van der Waals surface area (Å²) in [4.78, 5) is 33.1. The maximum Gasteiger partial charge on any atom is 0.281 e. The summed E-state index contributed by atoms with van der Waals surface area (Å²) in [6.07, 6.45) is 3.77. The number of para-hydroxylation sites is 1. The van der Waals surface area contributed by atoms with Crippen molar-refractivity contribution in [2.75, 3.05) is 14.1 Å². The van der Waals surface area contributed by atoms with Crippen molar-refractivity contribution in [3.05, 3.63) is 105 Å². The molecule has 6 nitrogen and oxygen atoms in total. The molecule has 160 valence electrons. The first-order chi connectivity index (χ1) is 15.4. The van der Waals surface area contributed by atoms with E-state index in [9.17, 15) is 14.0 Å². The Labute approximate surface area is 183 Å². The van der Waals surface area contributed by atoms with Crippen molar-refractivity contribution < 1.29 is 9.18 Å². The van der Waals surface area contributed by atoms with Gasteiger partial charge in [-0.05, 0) is 41.8 Å². The predicted octanol–water partition coefficient (Wildman–Crippen LogP) is 3.82. The van der Waals surface area contributed by atoms with Gasteiger partial charge < -0.3 is 4.90 Å². The average Bonchev–Trinajstić information content (AvgIpc) is 3.13. The van der Waals surface area contributed by atoms with Gasteiger partial charge in [0, 0.05) is 43.5 Å². The molecule has 4 aromatic rings. The minimum Gasteiger partial charge on any atom is -0.383 e. The first-order valence-electron chi connectivity index (χ1n) is 10.3. The van der Waals surface area contributed by atoms with Gasteiger partial charge in [0.1, 0.15) is 5.82 Å². The van der Waals surface area contributed by atoms with Crippen molar-refractivity contribution in [2.45, 2.75) is 12.3 Å². The molecule has 0 saturated heterocycles. The number of carbonyl (C=O) groups is 1. The number of aromatic amines is 1. The van der Waals surface area contributed by atoms with Crippen LogP contribution in [0, 0.1) is 5.82 Å². The Bertz CT molecular complexity index is 1420. The number of carbonyl (C=O) groups excluding carboxylic acids is 1. The molecule has 0 bridgehead atoms. The molecule has 0 unspecified atom stereocenters. The molecule has 0 spiro atoms. The number of benzene rings is 2. The molecule has 2 aromatic heterocycles. The molecule has 1 aliphatic rings. The standard InChI is InChI=1S/C25H21FN4O2/c1-29(2)14-21-18(15-8-10-16(26)11-9-15)12-19-20(23(21)31)13-27-24-22(19)25(32)30(28-24)17-6-4-3-5-7-17/h3-11,13-14,18H,12H2,1-2H3,(H,27,28)/b21-14-/t18-/m0/s1. The zero-order valence-electron chi connectivity index (χ0n) is 17.7. The normalized spacial score (nSPS) is 17.0. The number of hydrogen-bond acceptors (Lipinski definition) is 4. The monoisotopic (exact) mass is 428 g/mol. The van der Waals surface area contributed by atoms with E-state index in [4.69, 9.17) is 0 Å². The number of nitrogens with one attached hydrogen (secondary N) is 1. The molecular weight excluding hydrogens is 407 g/mol. The summed E-state index contributed by atoms with van der Waals surface area (Å²) in [6, 6.07) is 15.4. The van der Waals surface area contributed by atoms with Crippen LogP contribution >= 0.6 is 0 Å². The lowest BCUT2D eigenvalue weighted by Gasteiger charge is -2.28. The highest BCUT2D eigenvalue weighted by Gasteiger charge is 2.34. The van der Waals surface area contributed by atoms with Crippen molar-refractivity contribution in [1.29, 1.82) is 0 Å². The number of H-pyrrole nitrogens is 1. The third-order valence-corrected chi connectivity index (χ3v) is 5.80. The van der Waals surface area contributed by atoms with Crippen molar-refractivity contribution >= 4 is 16.8 Å². The number of nitrogens with zero attached hydrogens (tertiary/aromatic N) is 3. The van der Waals surface area contributed by atoms with E-state index in [0.717, 1.165) is 5.56 Å². The van der Waals surface area contributed by atoms with Gasteiger partial charge in [-0.25, -0.2) is 14.1 Å². The number of hydrogen-bond donors (Lipinski definition) is 1. The van der Waals surface area contributed by atoms with Gasteiger partial charge in [0.25, 0.3) is 5.56 Å². The van der Waals surface area contributed by atoms with Crippen LogP contribution in [0.3, 0.4) is 0 Å². The Balaban J connectivity index is 1.73. The highest BCUT2D eigenvalue weighted by atomic mass is 19.1. The van der Waals surface area contributed by atoms with Crippen LogP contribution in [-0.4, -0.2) is 39.5 Å². The van der Waals surface area contributed by atoms with E-state index in [1.165, 1.54) is 23.0 Å². The van der Waals surface area contributed by atoms with Crippen LogP contribution in [-0.2, 0) is 6.42 Å². The topological polar surface area (TPSA) is 71.0 Å². The number of halogens is 1. The van der Waals surface area contributed by atoms with E-state index in [1.807, 2.05) is 49.3 Å². The smallest absolute Gasteiger partial charge is 0.281 e. The summed E-state index contributed by atoms with van der Waals surface area (Å²) >= 11 is 0. The molecule has 1 N–H and O–H groups in total. The highest BCUT2D eigenvalue weighted by Crippen LogP contribution is 2.38. The molecule has 0 radical (unpaired) electrons. The number of allylic oxidation sites excluding steroid dienone is 1. The molecular formula is C25H21FN4O2. The van der Waals surface area contributed by atoms with Crippen LogP contribution in [0.25, 0.3) is 16.7 Å². The van der Waals surface area contributed by atoms with Crippen LogP contribution in [0.15, 0.2) is 77.4 Å². The summed E-state index contributed by atoms with van der Waals surface area (Å²) in [5.74, 6) is -0.809. The molecule has 5 rings (SSSR count). The molecule has 1 aliphatic carbocycles. The zero-order valence-corrected chi connectivity index (χ0v) is 17.7. The second kappa shape index (κ2) is 7.60. The SMILES string of the molecule is CN(C)/C=C1\C(=O)c2cnc3[nH]n(-c4ccccc4)c(=O)c3c2C[C@H]1c1ccc(F)cc1. The Morgan fingerprint density at radius 2 is 1.81 bits per heavy atom. The molecule has 0 amide bonds. The van der Waals surface area contributed by atoms with Crippen LogP contribution < -0.4 is 5.56 Å². The summed E-state index contributed by atoms with van der Waals surface area (Å²) in [7, 11) is 3.70. The Kier molecular flexibility index (Phi) is 4.74. The number of pyridine rings is 1. The number of ketones is 1. The fraction of sp³-hybridized carbons (Fsp3) is 0.160. The van der Waals surface area contributed by atoms with Crippen LogP contribution in [0.1, 0.15) is 27.4 Å². The van der Waals surface area contributed by atoms with Gasteiger partial charge in [0.05, 0.1) is 11.1 Å². The molecule has 1 atom stereocenters. The number of Topliss-reactive ketones (excluding diaryl/α,β-unsaturated/α-hetero) is 1. The fourth-order valence-corrected chi connectivity index (χ4v) is 4.35. The Hall–Kier alpha value is -4.00. The minimum atomic E-state index is -0.336. The van der Waals surface area contributed by atoms with Gasteiger partial charge >= 0.3 is 0 Å². The third-order valence-electron chi connectivity index (χ3n) is 5.80. The number of rotatable bonds is 3. The van der Waals surface area contributed by atoms with Gasteiger partial charge in [0.15, 0.2) is 11.4 Å². The van der Waals surface area contributed by atoms with Crippen molar-refractivity contribution in [2.24, 2.45) is 0 Å². The first kappa shape index (κ1) is 19.9. The van der Waals surface area contributed by atoms with Gasteiger partial charge in [0.2, 0.25) is 0 Å². The van der Waals surface area contributed by atoms with E-state index < -0.39 is 0 Å². The lowest BCUT2D eigenvalue weighted by atomic mass is 9.76. The van der Waals surface area contributed by atoms with E-state index in [0.29, 0.717) is 39.8 Å².